The maximum absolute atomic E-state index is 11.1. The summed E-state index contributed by atoms with van der Waals surface area (Å²) in [6.45, 7) is 6.04. The number of carbonyl (C=O) groups is 1. The molecule has 2 heterocycles. The molecule has 2 N–H and O–H groups in total. The summed E-state index contributed by atoms with van der Waals surface area (Å²) in [6.07, 6.45) is 3.66. The van der Waals surface area contributed by atoms with Crippen LogP contribution in [0, 0.1) is 6.92 Å². The van der Waals surface area contributed by atoms with Gasteiger partial charge in [0.05, 0.1) is 5.69 Å². The lowest BCUT2D eigenvalue weighted by atomic mass is 10.2. The van der Waals surface area contributed by atoms with Gasteiger partial charge < -0.3 is 15.3 Å². The van der Waals surface area contributed by atoms with E-state index in [1.54, 1.807) is 6.92 Å². The summed E-state index contributed by atoms with van der Waals surface area (Å²) >= 11 is 1.23. The number of rotatable bonds is 6. The Labute approximate surface area is 111 Å². The molecule has 100 valence electrons. The Hall–Kier alpha value is -1.14. The summed E-state index contributed by atoms with van der Waals surface area (Å²) in [7, 11) is 0. The first-order chi connectivity index (χ1) is 8.68. The summed E-state index contributed by atoms with van der Waals surface area (Å²) in [4.78, 5) is 13.5. The van der Waals surface area contributed by atoms with Gasteiger partial charge in [0.25, 0.3) is 0 Å². The van der Waals surface area contributed by atoms with Gasteiger partial charge in [0.15, 0.2) is 0 Å². The number of carboxylic acid groups (broad SMARTS) is 1. The van der Waals surface area contributed by atoms with E-state index in [1.807, 2.05) is 0 Å². The van der Waals surface area contributed by atoms with E-state index in [4.69, 9.17) is 5.11 Å². The van der Waals surface area contributed by atoms with Crippen molar-refractivity contribution in [2.45, 2.75) is 26.2 Å². The standard InChI is InChI=1S/C12H19N3O2S/c1-9-10(12(16)17)11(18-14-9)13-5-4-8-15-6-2-3-7-15/h13H,2-8H2,1H3,(H,16,17). The Balaban J connectivity index is 1.77. The van der Waals surface area contributed by atoms with E-state index < -0.39 is 5.97 Å². The van der Waals surface area contributed by atoms with Gasteiger partial charge in [-0.3, -0.25) is 0 Å². The van der Waals surface area contributed by atoms with Gasteiger partial charge in [0.2, 0.25) is 0 Å². The number of nitrogens with one attached hydrogen (secondary N) is 1. The van der Waals surface area contributed by atoms with Crippen molar-refractivity contribution in [2.24, 2.45) is 0 Å². The van der Waals surface area contributed by atoms with Crippen molar-refractivity contribution in [3.63, 3.8) is 0 Å². The number of anilines is 1. The van der Waals surface area contributed by atoms with Gasteiger partial charge in [0, 0.05) is 6.54 Å². The van der Waals surface area contributed by atoms with Gasteiger partial charge in [-0.2, -0.15) is 4.37 Å². The molecule has 0 bridgehead atoms. The van der Waals surface area contributed by atoms with Crippen LogP contribution in [0.5, 0.6) is 0 Å². The third-order valence-corrected chi connectivity index (χ3v) is 4.11. The molecule has 18 heavy (non-hydrogen) atoms. The molecule has 0 atom stereocenters. The quantitative estimate of drug-likeness (QED) is 0.774. The predicted octanol–water partition coefficient (Wildman–Crippen LogP) is 2.05. The molecule has 0 unspecified atom stereocenters. The first-order valence-electron chi connectivity index (χ1n) is 6.34. The molecule has 2 rings (SSSR count). The van der Waals surface area contributed by atoms with Crippen molar-refractivity contribution in [1.29, 1.82) is 0 Å². The highest BCUT2D eigenvalue weighted by molar-refractivity contribution is 7.10. The molecule has 1 fully saturated rings. The van der Waals surface area contributed by atoms with Crippen LogP contribution in [0.15, 0.2) is 0 Å². The molecule has 0 radical (unpaired) electrons. The molecule has 1 aliphatic rings. The molecule has 0 amide bonds. The Morgan fingerprint density at radius 2 is 2.22 bits per heavy atom. The maximum Gasteiger partial charge on any atom is 0.340 e. The highest BCUT2D eigenvalue weighted by Gasteiger charge is 2.17. The Morgan fingerprint density at radius 1 is 1.50 bits per heavy atom. The van der Waals surface area contributed by atoms with E-state index in [9.17, 15) is 4.79 Å². The lowest BCUT2D eigenvalue weighted by molar-refractivity contribution is 0.0697. The number of aryl methyl sites for hydroxylation is 1. The number of aromatic nitrogens is 1. The molecule has 1 aromatic rings. The molecular weight excluding hydrogens is 250 g/mol. The van der Waals surface area contributed by atoms with E-state index in [2.05, 4.69) is 14.6 Å². The second-order valence-electron chi connectivity index (χ2n) is 4.61. The summed E-state index contributed by atoms with van der Waals surface area (Å²) in [6, 6.07) is 0. The fraction of sp³-hybridized carbons (Fsp3) is 0.667. The van der Waals surface area contributed by atoms with Crippen LogP contribution in [0.3, 0.4) is 0 Å². The lowest BCUT2D eigenvalue weighted by Crippen LogP contribution is -2.22. The van der Waals surface area contributed by atoms with Crippen molar-refractivity contribution >= 4 is 22.5 Å². The first kappa shape index (κ1) is 13.3. The van der Waals surface area contributed by atoms with Gasteiger partial charge in [-0.25, -0.2) is 4.79 Å². The van der Waals surface area contributed by atoms with Crippen LogP contribution in [-0.4, -0.2) is 46.5 Å². The number of hydrogen-bond donors (Lipinski definition) is 2. The SMILES string of the molecule is Cc1nsc(NCCCN2CCCC2)c1C(=O)O. The molecular formula is C12H19N3O2S. The highest BCUT2D eigenvalue weighted by Crippen LogP contribution is 2.24. The summed E-state index contributed by atoms with van der Waals surface area (Å²) < 4.78 is 4.08. The minimum Gasteiger partial charge on any atom is -0.478 e. The van der Waals surface area contributed by atoms with Crippen molar-refractivity contribution in [1.82, 2.24) is 9.27 Å². The Kier molecular flexibility index (Phi) is 4.54. The second-order valence-corrected chi connectivity index (χ2v) is 5.38. The van der Waals surface area contributed by atoms with E-state index in [-0.39, 0.29) is 0 Å². The van der Waals surface area contributed by atoms with Crippen LogP contribution in [0.25, 0.3) is 0 Å². The summed E-state index contributed by atoms with van der Waals surface area (Å²) in [5.41, 5.74) is 0.913. The van der Waals surface area contributed by atoms with E-state index >= 15 is 0 Å². The average Bonchev–Trinajstić information content (AvgIpc) is 2.94. The monoisotopic (exact) mass is 269 g/mol. The first-order valence-corrected chi connectivity index (χ1v) is 7.11. The number of carboxylic acids is 1. The second kappa shape index (κ2) is 6.15. The number of hydrogen-bond acceptors (Lipinski definition) is 5. The van der Waals surface area contributed by atoms with Crippen LogP contribution in [-0.2, 0) is 0 Å². The normalized spacial score (nSPS) is 16.1. The lowest BCUT2D eigenvalue weighted by Gasteiger charge is -2.14. The fourth-order valence-electron chi connectivity index (χ4n) is 2.25. The summed E-state index contributed by atoms with van der Waals surface area (Å²) in [5, 5.41) is 13.0. The topological polar surface area (TPSA) is 65.5 Å². The molecule has 1 saturated heterocycles. The largest absolute Gasteiger partial charge is 0.478 e. The van der Waals surface area contributed by atoms with Gasteiger partial charge >= 0.3 is 5.97 Å². The number of aromatic carboxylic acids is 1. The van der Waals surface area contributed by atoms with Crippen LogP contribution in [0.1, 0.15) is 35.3 Å². The molecule has 0 aromatic carbocycles. The van der Waals surface area contributed by atoms with Crippen LogP contribution in [0.2, 0.25) is 0 Å². The molecule has 1 aromatic heterocycles. The highest BCUT2D eigenvalue weighted by atomic mass is 32.1. The number of nitrogens with zero attached hydrogens (tertiary/aromatic N) is 2. The zero-order chi connectivity index (χ0) is 13.0. The van der Waals surface area contributed by atoms with Gasteiger partial charge in [-0.1, -0.05) is 0 Å². The van der Waals surface area contributed by atoms with Gasteiger partial charge in [-0.05, 0) is 57.4 Å². The molecule has 0 spiro atoms. The molecule has 0 aliphatic carbocycles. The van der Waals surface area contributed by atoms with Gasteiger partial charge in [-0.15, -0.1) is 0 Å². The molecule has 6 heteroatoms. The smallest absolute Gasteiger partial charge is 0.340 e. The van der Waals surface area contributed by atoms with Crippen LogP contribution >= 0.6 is 11.5 Å². The zero-order valence-electron chi connectivity index (χ0n) is 10.6. The van der Waals surface area contributed by atoms with E-state index in [1.165, 1.54) is 37.5 Å². The van der Waals surface area contributed by atoms with Crippen molar-refractivity contribution in [3.05, 3.63) is 11.3 Å². The van der Waals surface area contributed by atoms with Gasteiger partial charge in [0.1, 0.15) is 10.6 Å². The molecule has 1 aliphatic heterocycles. The molecule has 5 nitrogen and oxygen atoms in total. The third kappa shape index (κ3) is 3.20. The maximum atomic E-state index is 11.1. The number of likely N-dealkylation sites (tertiary alicyclic amines) is 1. The minimum atomic E-state index is -0.900. The molecule has 0 saturated carbocycles. The van der Waals surface area contributed by atoms with E-state index in [0.29, 0.717) is 16.3 Å². The van der Waals surface area contributed by atoms with Crippen molar-refractivity contribution in [2.75, 3.05) is 31.5 Å². The third-order valence-electron chi connectivity index (χ3n) is 3.21. The predicted molar refractivity (Wildman–Crippen MR) is 72.6 cm³/mol. The van der Waals surface area contributed by atoms with Crippen LogP contribution < -0.4 is 5.32 Å². The van der Waals surface area contributed by atoms with Crippen molar-refractivity contribution < 1.29 is 9.90 Å². The van der Waals surface area contributed by atoms with E-state index in [0.717, 1.165) is 19.5 Å². The summed E-state index contributed by atoms with van der Waals surface area (Å²) in [5.74, 6) is -0.900. The Morgan fingerprint density at radius 3 is 2.89 bits per heavy atom. The van der Waals surface area contributed by atoms with Crippen LogP contribution in [0.4, 0.5) is 5.00 Å². The average molecular weight is 269 g/mol. The zero-order valence-corrected chi connectivity index (χ0v) is 11.4. The fourth-order valence-corrected chi connectivity index (χ4v) is 3.07. The van der Waals surface area contributed by atoms with Crippen molar-refractivity contribution in [3.8, 4) is 0 Å². The minimum absolute atomic E-state index is 0.321. The Bertz CT molecular complexity index is 413.